The highest BCUT2D eigenvalue weighted by atomic mass is 16.4. The topological polar surface area (TPSA) is 43.8 Å². The summed E-state index contributed by atoms with van der Waals surface area (Å²) < 4.78 is 0. The second kappa shape index (κ2) is 7.31. The third-order valence-corrected chi connectivity index (χ3v) is 4.81. The number of carbonyl (C=O) groups is 1. The minimum atomic E-state index is -0.678. The van der Waals surface area contributed by atoms with Crippen molar-refractivity contribution in [1.82, 2.24) is 9.80 Å². The zero-order valence-electron chi connectivity index (χ0n) is 15.6. The van der Waals surface area contributed by atoms with Gasteiger partial charge in [0.15, 0.2) is 0 Å². The Labute approximate surface area is 136 Å². The molecule has 0 aliphatic carbocycles. The summed E-state index contributed by atoms with van der Waals surface area (Å²) in [7, 11) is 0. The molecule has 0 amide bonds. The van der Waals surface area contributed by atoms with Crippen LogP contribution >= 0.6 is 0 Å². The van der Waals surface area contributed by atoms with Gasteiger partial charge in [0.05, 0.1) is 0 Å². The van der Waals surface area contributed by atoms with Gasteiger partial charge in [0.1, 0.15) is 6.04 Å². The van der Waals surface area contributed by atoms with E-state index in [-0.39, 0.29) is 11.6 Å². The first kappa shape index (κ1) is 19.4. The summed E-state index contributed by atoms with van der Waals surface area (Å²) in [5.74, 6) is -0.678. The van der Waals surface area contributed by atoms with Gasteiger partial charge in [-0.05, 0) is 87.2 Å². The van der Waals surface area contributed by atoms with Crippen LogP contribution in [0.1, 0.15) is 74.1 Å². The lowest BCUT2D eigenvalue weighted by Crippen LogP contribution is -2.47. The molecule has 2 aliphatic rings. The quantitative estimate of drug-likeness (QED) is 0.803. The number of nitrogens with zero attached hydrogens (tertiary/aromatic N) is 2. The summed E-state index contributed by atoms with van der Waals surface area (Å²) in [6, 6.07) is 0.546. The van der Waals surface area contributed by atoms with Crippen molar-refractivity contribution in [2.45, 2.75) is 97.3 Å². The molecule has 2 rings (SSSR count). The molecule has 2 saturated heterocycles. The molecule has 2 unspecified atom stereocenters. The van der Waals surface area contributed by atoms with E-state index < -0.39 is 5.97 Å². The third-order valence-electron chi connectivity index (χ3n) is 4.81. The Morgan fingerprint density at radius 2 is 1.36 bits per heavy atom. The molecule has 0 bridgehead atoms. The predicted octanol–water partition coefficient (Wildman–Crippen LogP) is 3.60. The number of rotatable bonds is 1. The molecule has 130 valence electrons. The highest BCUT2D eigenvalue weighted by molar-refractivity contribution is 5.73. The number of hydrogen-bond donors (Lipinski definition) is 1. The van der Waals surface area contributed by atoms with Crippen LogP contribution in [0.15, 0.2) is 0 Å². The van der Waals surface area contributed by atoms with Crippen molar-refractivity contribution in [3.05, 3.63) is 0 Å². The van der Waals surface area contributed by atoms with Gasteiger partial charge in [-0.1, -0.05) is 0 Å². The molecule has 0 aromatic carbocycles. The molecule has 2 aliphatic heterocycles. The van der Waals surface area contributed by atoms with Crippen LogP contribution in [0.4, 0.5) is 0 Å². The fraction of sp³-hybridized carbons (Fsp3) is 0.944. The first-order chi connectivity index (χ1) is 9.94. The SMILES string of the molecule is CC(C)(C)N1CCCC1C(=O)O.CC1CCCN1C(C)(C)C. The van der Waals surface area contributed by atoms with E-state index in [1.165, 1.54) is 19.4 Å². The summed E-state index contributed by atoms with van der Waals surface area (Å²) in [6.45, 7) is 17.6. The molecule has 0 radical (unpaired) electrons. The van der Waals surface area contributed by atoms with Crippen molar-refractivity contribution < 1.29 is 9.90 Å². The van der Waals surface area contributed by atoms with E-state index in [4.69, 9.17) is 5.11 Å². The van der Waals surface area contributed by atoms with Gasteiger partial charge in [-0.3, -0.25) is 14.6 Å². The Bertz CT molecular complexity index is 368. The second-order valence-electron chi connectivity index (χ2n) is 8.72. The van der Waals surface area contributed by atoms with Crippen molar-refractivity contribution in [1.29, 1.82) is 0 Å². The molecule has 22 heavy (non-hydrogen) atoms. The molecule has 0 spiro atoms. The van der Waals surface area contributed by atoms with Gasteiger partial charge in [0, 0.05) is 17.1 Å². The molecule has 0 aromatic rings. The summed E-state index contributed by atoms with van der Waals surface area (Å²) in [5, 5.41) is 8.91. The van der Waals surface area contributed by atoms with Gasteiger partial charge in [0.25, 0.3) is 0 Å². The van der Waals surface area contributed by atoms with Crippen LogP contribution in [-0.2, 0) is 4.79 Å². The zero-order chi connectivity index (χ0) is 17.1. The Morgan fingerprint density at radius 3 is 1.64 bits per heavy atom. The average Bonchev–Trinajstić information content (AvgIpc) is 2.94. The standard InChI is InChI=1S/C9H17NO2.C9H19N/c1-9(2,3)10-6-4-5-7(10)8(11)12;1-8-6-5-7-10(8)9(2,3)4/h7H,4-6H2,1-3H3,(H,11,12);8H,5-7H2,1-4H3. The highest BCUT2D eigenvalue weighted by Gasteiger charge is 2.36. The molecular formula is C18H36N2O2. The van der Waals surface area contributed by atoms with Gasteiger partial charge in [0.2, 0.25) is 0 Å². The normalized spacial score (nSPS) is 27.6. The molecule has 4 nitrogen and oxygen atoms in total. The van der Waals surface area contributed by atoms with Crippen LogP contribution in [0.5, 0.6) is 0 Å². The molecule has 0 aromatic heterocycles. The van der Waals surface area contributed by atoms with Crippen molar-refractivity contribution >= 4 is 5.97 Å². The number of hydrogen-bond acceptors (Lipinski definition) is 3. The van der Waals surface area contributed by atoms with E-state index in [2.05, 4.69) is 58.3 Å². The van der Waals surface area contributed by atoms with E-state index in [9.17, 15) is 4.79 Å². The maximum Gasteiger partial charge on any atom is 0.320 e. The predicted molar refractivity (Wildman–Crippen MR) is 92.3 cm³/mol. The number of carboxylic acids is 1. The van der Waals surface area contributed by atoms with Gasteiger partial charge in [-0.15, -0.1) is 0 Å². The molecule has 0 saturated carbocycles. The fourth-order valence-electron chi connectivity index (χ4n) is 3.76. The Hall–Kier alpha value is -0.610. The van der Waals surface area contributed by atoms with E-state index in [0.29, 0.717) is 5.54 Å². The van der Waals surface area contributed by atoms with Crippen molar-refractivity contribution in [3.8, 4) is 0 Å². The molecule has 1 N–H and O–H groups in total. The van der Waals surface area contributed by atoms with E-state index in [0.717, 1.165) is 25.4 Å². The Morgan fingerprint density at radius 1 is 0.909 bits per heavy atom. The van der Waals surface area contributed by atoms with Crippen LogP contribution in [-0.4, -0.2) is 57.1 Å². The van der Waals surface area contributed by atoms with Crippen molar-refractivity contribution in [2.75, 3.05) is 13.1 Å². The minimum Gasteiger partial charge on any atom is -0.480 e. The summed E-state index contributed by atoms with van der Waals surface area (Å²) in [6.07, 6.45) is 4.58. The maximum absolute atomic E-state index is 10.8. The smallest absolute Gasteiger partial charge is 0.320 e. The van der Waals surface area contributed by atoms with Gasteiger partial charge < -0.3 is 5.11 Å². The van der Waals surface area contributed by atoms with Crippen molar-refractivity contribution in [2.24, 2.45) is 0 Å². The highest BCUT2D eigenvalue weighted by Crippen LogP contribution is 2.26. The first-order valence-electron chi connectivity index (χ1n) is 8.71. The van der Waals surface area contributed by atoms with Gasteiger partial charge >= 0.3 is 5.97 Å². The number of aliphatic carboxylic acids is 1. The lowest BCUT2D eigenvalue weighted by molar-refractivity contribution is -0.143. The lowest BCUT2D eigenvalue weighted by atomic mass is 10.0. The van der Waals surface area contributed by atoms with Crippen LogP contribution in [0.25, 0.3) is 0 Å². The molecule has 2 fully saturated rings. The number of carboxylic acid groups (broad SMARTS) is 1. The van der Waals surface area contributed by atoms with E-state index in [1.54, 1.807) is 0 Å². The molecule has 4 heteroatoms. The Kier molecular flexibility index (Phi) is 6.46. The first-order valence-corrected chi connectivity index (χ1v) is 8.71. The average molecular weight is 312 g/mol. The zero-order valence-corrected chi connectivity index (χ0v) is 15.6. The van der Waals surface area contributed by atoms with Crippen LogP contribution in [0.2, 0.25) is 0 Å². The number of likely N-dealkylation sites (tertiary alicyclic amines) is 2. The maximum atomic E-state index is 10.8. The monoisotopic (exact) mass is 312 g/mol. The molecule has 2 atom stereocenters. The second-order valence-corrected chi connectivity index (χ2v) is 8.72. The van der Waals surface area contributed by atoms with Crippen LogP contribution in [0.3, 0.4) is 0 Å². The van der Waals surface area contributed by atoms with Crippen molar-refractivity contribution in [3.63, 3.8) is 0 Å². The van der Waals surface area contributed by atoms with E-state index in [1.807, 2.05) is 0 Å². The Balaban J connectivity index is 0.000000224. The minimum absolute atomic E-state index is 0.0143. The summed E-state index contributed by atoms with van der Waals surface area (Å²) in [5.41, 5.74) is 0.371. The molecular weight excluding hydrogens is 276 g/mol. The van der Waals surface area contributed by atoms with Gasteiger partial charge in [-0.2, -0.15) is 0 Å². The summed E-state index contributed by atoms with van der Waals surface area (Å²) >= 11 is 0. The third kappa shape index (κ3) is 5.24. The van der Waals surface area contributed by atoms with Crippen LogP contribution < -0.4 is 0 Å². The lowest BCUT2D eigenvalue weighted by Gasteiger charge is -2.35. The van der Waals surface area contributed by atoms with E-state index >= 15 is 0 Å². The fourth-order valence-corrected chi connectivity index (χ4v) is 3.76. The van der Waals surface area contributed by atoms with Gasteiger partial charge in [-0.25, -0.2) is 0 Å². The summed E-state index contributed by atoms with van der Waals surface area (Å²) in [4.78, 5) is 15.5. The molecule has 2 heterocycles. The van der Waals surface area contributed by atoms with Crippen LogP contribution in [0, 0.1) is 0 Å². The largest absolute Gasteiger partial charge is 0.480 e.